The van der Waals surface area contributed by atoms with Crippen LogP contribution in [0.3, 0.4) is 0 Å². The number of aromatic nitrogens is 2. The van der Waals surface area contributed by atoms with Gasteiger partial charge in [-0.1, -0.05) is 6.07 Å². The van der Waals surface area contributed by atoms with Gasteiger partial charge in [-0.25, -0.2) is 9.98 Å². The second-order valence-corrected chi connectivity index (χ2v) is 7.56. The molecule has 1 aliphatic heterocycles. The molecule has 3 heterocycles. The summed E-state index contributed by atoms with van der Waals surface area (Å²) < 4.78 is 7.44. The van der Waals surface area contributed by atoms with Crippen LogP contribution in [0.4, 0.5) is 0 Å². The molecule has 2 aromatic heterocycles. The molecule has 29 heavy (non-hydrogen) atoms. The molecule has 1 atom stereocenters. The Balaban J connectivity index is 0.00000300. The largest absolute Gasteiger partial charge is 0.387 e. The van der Waals surface area contributed by atoms with E-state index in [0.717, 1.165) is 49.9 Å². The van der Waals surface area contributed by atoms with E-state index in [2.05, 4.69) is 42.9 Å². The topological polar surface area (TPSA) is 86.4 Å². The number of aliphatic imine (C=N–C) groups is 1. The average Bonchev–Trinajstić information content (AvgIpc) is 3.09. The van der Waals surface area contributed by atoms with Gasteiger partial charge in [-0.2, -0.15) is 0 Å². The number of halogens is 1. The fourth-order valence-corrected chi connectivity index (χ4v) is 3.35. The molecule has 1 fully saturated rings. The Hall–Kier alpha value is -1.43. The van der Waals surface area contributed by atoms with Crippen LogP contribution in [0.2, 0.25) is 0 Å². The van der Waals surface area contributed by atoms with Gasteiger partial charge >= 0.3 is 0 Å². The molecule has 1 unspecified atom stereocenters. The number of hydrogen-bond donors (Lipinski definition) is 3. The number of imidazole rings is 1. The van der Waals surface area contributed by atoms with Crippen LogP contribution >= 0.6 is 24.0 Å². The Kier molecular flexibility index (Phi) is 9.12. The quantitative estimate of drug-likeness (QED) is 0.293. The lowest BCUT2D eigenvalue weighted by Crippen LogP contribution is -2.52. The fourth-order valence-electron chi connectivity index (χ4n) is 3.35. The van der Waals surface area contributed by atoms with Crippen LogP contribution < -0.4 is 10.6 Å². The standard InChI is InChI=1S/C20H32N6O2.HI/c1-4-21-19(23-14-20(3,27)15-25-8-10-28-11-9-25)22-12-17-13-26-16(2)6-5-7-18(26)24-17;/h5-7,13,27H,4,8-12,14-15H2,1-3H3,(H2,21,22,23);1H. The normalized spacial score (nSPS) is 17.6. The second kappa shape index (κ2) is 11.1. The van der Waals surface area contributed by atoms with Gasteiger partial charge in [-0.15, -0.1) is 24.0 Å². The molecule has 0 aliphatic carbocycles. The number of guanidine groups is 1. The molecule has 0 spiro atoms. The van der Waals surface area contributed by atoms with Crippen LogP contribution in [0.1, 0.15) is 25.2 Å². The lowest BCUT2D eigenvalue weighted by atomic mass is 10.1. The number of β-amino-alcohol motifs (C(OH)–C–C–N with tert-alkyl or cyclic N) is 1. The number of hydrogen-bond acceptors (Lipinski definition) is 5. The number of aliphatic hydroxyl groups is 1. The van der Waals surface area contributed by atoms with E-state index in [1.807, 2.05) is 32.2 Å². The summed E-state index contributed by atoms with van der Waals surface area (Å²) in [7, 11) is 0. The number of ether oxygens (including phenoxy) is 1. The van der Waals surface area contributed by atoms with E-state index in [9.17, 15) is 5.11 Å². The number of pyridine rings is 1. The minimum absolute atomic E-state index is 0. The summed E-state index contributed by atoms with van der Waals surface area (Å²) in [5.41, 5.74) is 2.13. The van der Waals surface area contributed by atoms with Crippen molar-refractivity contribution in [3.8, 4) is 0 Å². The molecular weight excluding hydrogens is 483 g/mol. The Morgan fingerprint density at radius 1 is 1.31 bits per heavy atom. The summed E-state index contributed by atoms with van der Waals surface area (Å²) in [5, 5.41) is 17.2. The third kappa shape index (κ3) is 7.09. The molecular formula is C20H33IN6O2. The molecule has 1 aliphatic rings. The van der Waals surface area contributed by atoms with Crippen LogP contribution in [0.15, 0.2) is 29.4 Å². The van der Waals surface area contributed by atoms with E-state index in [1.165, 1.54) is 0 Å². The highest BCUT2D eigenvalue weighted by Crippen LogP contribution is 2.10. The zero-order chi connectivity index (χ0) is 20.0. The predicted molar refractivity (Wildman–Crippen MR) is 126 cm³/mol. The summed E-state index contributed by atoms with van der Waals surface area (Å²) >= 11 is 0. The molecule has 9 heteroatoms. The molecule has 0 saturated carbocycles. The molecule has 0 bridgehead atoms. The van der Waals surface area contributed by atoms with Gasteiger partial charge in [0.25, 0.3) is 0 Å². The van der Waals surface area contributed by atoms with Crippen LogP contribution in [0.25, 0.3) is 5.65 Å². The van der Waals surface area contributed by atoms with E-state index in [1.54, 1.807) is 0 Å². The number of morpholine rings is 1. The maximum Gasteiger partial charge on any atom is 0.191 e. The minimum Gasteiger partial charge on any atom is -0.387 e. The monoisotopic (exact) mass is 516 g/mol. The van der Waals surface area contributed by atoms with Crippen molar-refractivity contribution in [3.05, 3.63) is 35.8 Å². The van der Waals surface area contributed by atoms with Crippen LogP contribution in [-0.4, -0.2) is 76.9 Å². The van der Waals surface area contributed by atoms with Gasteiger partial charge < -0.3 is 24.9 Å². The van der Waals surface area contributed by atoms with Crippen molar-refractivity contribution in [2.75, 3.05) is 45.9 Å². The van der Waals surface area contributed by atoms with E-state index in [0.29, 0.717) is 25.6 Å². The van der Waals surface area contributed by atoms with Crippen LogP contribution in [-0.2, 0) is 11.3 Å². The van der Waals surface area contributed by atoms with Crippen molar-refractivity contribution in [1.82, 2.24) is 24.9 Å². The summed E-state index contributed by atoms with van der Waals surface area (Å²) in [4.78, 5) is 11.5. The third-order valence-corrected chi connectivity index (χ3v) is 4.79. The summed E-state index contributed by atoms with van der Waals surface area (Å²) in [5.74, 6) is 0.679. The van der Waals surface area contributed by atoms with Crippen LogP contribution in [0.5, 0.6) is 0 Å². The van der Waals surface area contributed by atoms with Gasteiger partial charge in [0.15, 0.2) is 5.96 Å². The van der Waals surface area contributed by atoms with Gasteiger partial charge in [0.05, 0.1) is 31.1 Å². The molecule has 0 amide bonds. The number of nitrogens with one attached hydrogen (secondary N) is 2. The number of aryl methyl sites for hydroxylation is 1. The molecule has 3 rings (SSSR count). The van der Waals surface area contributed by atoms with Crippen molar-refractivity contribution in [3.63, 3.8) is 0 Å². The van der Waals surface area contributed by atoms with Crippen molar-refractivity contribution in [1.29, 1.82) is 0 Å². The van der Waals surface area contributed by atoms with Crippen LogP contribution in [0, 0.1) is 6.92 Å². The summed E-state index contributed by atoms with van der Waals surface area (Å²) in [6, 6.07) is 6.06. The maximum atomic E-state index is 10.8. The minimum atomic E-state index is -0.853. The van der Waals surface area contributed by atoms with Crippen molar-refractivity contribution in [2.24, 2.45) is 4.99 Å². The Morgan fingerprint density at radius 3 is 2.76 bits per heavy atom. The van der Waals surface area contributed by atoms with E-state index in [4.69, 9.17) is 4.74 Å². The third-order valence-electron chi connectivity index (χ3n) is 4.79. The molecule has 1 saturated heterocycles. The highest BCUT2D eigenvalue weighted by Gasteiger charge is 2.25. The van der Waals surface area contributed by atoms with E-state index >= 15 is 0 Å². The lowest BCUT2D eigenvalue weighted by Gasteiger charge is -2.34. The molecule has 8 nitrogen and oxygen atoms in total. The zero-order valence-electron chi connectivity index (χ0n) is 17.5. The maximum absolute atomic E-state index is 10.8. The summed E-state index contributed by atoms with van der Waals surface area (Å²) in [6.07, 6.45) is 2.02. The molecule has 2 aromatic rings. The summed E-state index contributed by atoms with van der Waals surface area (Å²) in [6.45, 7) is 11.4. The first-order valence-electron chi connectivity index (χ1n) is 9.95. The average molecular weight is 516 g/mol. The first-order valence-corrected chi connectivity index (χ1v) is 9.95. The first-order chi connectivity index (χ1) is 13.5. The molecule has 0 aromatic carbocycles. The van der Waals surface area contributed by atoms with Crippen molar-refractivity contribution >= 4 is 35.6 Å². The predicted octanol–water partition coefficient (Wildman–Crippen LogP) is 1.40. The molecule has 162 valence electrons. The van der Waals surface area contributed by atoms with Gasteiger partial charge in [-0.05, 0) is 32.9 Å². The first kappa shape index (κ1) is 23.8. The highest BCUT2D eigenvalue weighted by molar-refractivity contribution is 14.0. The number of nitrogens with zero attached hydrogens (tertiary/aromatic N) is 4. The Labute approximate surface area is 189 Å². The smallest absolute Gasteiger partial charge is 0.191 e. The van der Waals surface area contributed by atoms with Gasteiger partial charge in [0.1, 0.15) is 5.65 Å². The zero-order valence-corrected chi connectivity index (χ0v) is 19.8. The number of fused-ring (bicyclic) bond motifs is 1. The van der Waals surface area contributed by atoms with Gasteiger partial charge in [0.2, 0.25) is 0 Å². The van der Waals surface area contributed by atoms with E-state index < -0.39 is 5.60 Å². The fraction of sp³-hybridized carbons (Fsp3) is 0.600. The van der Waals surface area contributed by atoms with E-state index in [-0.39, 0.29) is 24.0 Å². The van der Waals surface area contributed by atoms with Crippen molar-refractivity contribution < 1.29 is 9.84 Å². The second-order valence-electron chi connectivity index (χ2n) is 7.56. The Morgan fingerprint density at radius 2 is 2.07 bits per heavy atom. The SMILES string of the molecule is CCNC(=NCc1cn2c(C)cccc2n1)NCC(C)(O)CN1CCOCC1.I. The van der Waals surface area contributed by atoms with Gasteiger partial charge in [0, 0.05) is 44.6 Å². The lowest BCUT2D eigenvalue weighted by molar-refractivity contribution is -0.0201. The Bertz CT molecular complexity index is 801. The van der Waals surface area contributed by atoms with Crippen molar-refractivity contribution in [2.45, 2.75) is 32.9 Å². The molecule has 3 N–H and O–H groups in total. The van der Waals surface area contributed by atoms with Gasteiger partial charge in [-0.3, -0.25) is 4.90 Å². The molecule has 0 radical (unpaired) electrons. The number of rotatable bonds is 7. The highest BCUT2D eigenvalue weighted by atomic mass is 127.